The maximum atomic E-state index is 5.97. The maximum absolute atomic E-state index is 5.97. The van der Waals surface area contributed by atoms with Gasteiger partial charge in [0.1, 0.15) is 0 Å². The predicted octanol–water partition coefficient (Wildman–Crippen LogP) is 3.91. The minimum absolute atomic E-state index is 0.415. The summed E-state index contributed by atoms with van der Waals surface area (Å²) < 4.78 is 0. The van der Waals surface area contributed by atoms with Gasteiger partial charge in [0, 0.05) is 11.6 Å². The zero-order valence-corrected chi connectivity index (χ0v) is 12.1. The van der Waals surface area contributed by atoms with Gasteiger partial charge in [-0.25, -0.2) is 0 Å². The molecule has 0 amide bonds. The van der Waals surface area contributed by atoms with E-state index in [4.69, 9.17) is 5.73 Å². The van der Waals surface area contributed by atoms with E-state index in [-0.39, 0.29) is 0 Å². The Hall–Kier alpha value is -2.19. The molecule has 0 saturated carbocycles. The minimum Gasteiger partial charge on any atom is -0.330 e. The summed E-state index contributed by atoms with van der Waals surface area (Å²) in [5, 5.41) is 1.25. The van der Waals surface area contributed by atoms with Crippen molar-refractivity contribution in [3.05, 3.63) is 78.0 Å². The first kappa shape index (κ1) is 13.8. The SMILES string of the molecule is NCC(CCc1ccnc2ccccc12)c1ccccc1. The first-order valence-corrected chi connectivity index (χ1v) is 7.46. The molecule has 0 bridgehead atoms. The summed E-state index contributed by atoms with van der Waals surface area (Å²) in [6.07, 6.45) is 3.99. The molecule has 0 aliphatic heterocycles. The topological polar surface area (TPSA) is 38.9 Å². The largest absolute Gasteiger partial charge is 0.330 e. The third kappa shape index (κ3) is 3.11. The molecule has 3 aromatic rings. The van der Waals surface area contributed by atoms with Crippen molar-refractivity contribution in [2.24, 2.45) is 5.73 Å². The number of para-hydroxylation sites is 1. The van der Waals surface area contributed by atoms with E-state index in [2.05, 4.69) is 53.5 Å². The second-order valence-corrected chi connectivity index (χ2v) is 5.37. The summed E-state index contributed by atoms with van der Waals surface area (Å²) in [7, 11) is 0. The van der Waals surface area contributed by atoms with Crippen LogP contribution < -0.4 is 5.73 Å². The Bertz CT molecular complexity index is 702. The molecular formula is C19H20N2. The van der Waals surface area contributed by atoms with Crippen molar-refractivity contribution in [2.75, 3.05) is 6.54 Å². The molecule has 0 spiro atoms. The fourth-order valence-corrected chi connectivity index (χ4v) is 2.85. The van der Waals surface area contributed by atoms with Crippen molar-refractivity contribution < 1.29 is 0 Å². The Kier molecular flexibility index (Phi) is 4.27. The highest BCUT2D eigenvalue weighted by Gasteiger charge is 2.10. The Labute approximate surface area is 125 Å². The number of pyridine rings is 1. The van der Waals surface area contributed by atoms with Gasteiger partial charge in [-0.2, -0.15) is 0 Å². The molecule has 1 heterocycles. The number of hydrogen-bond acceptors (Lipinski definition) is 2. The molecule has 21 heavy (non-hydrogen) atoms. The van der Waals surface area contributed by atoms with E-state index in [1.165, 1.54) is 16.5 Å². The first-order chi connectivity index (χ1) is 10.4. The Morgan fingerprint density at radius 2 is 1.67 bits per heavy atom. The van der Waals surface area contributed by atoms with Crippen molar-refractivity contribution in [3.8, 4) is 0 Å². The van der Waals surface area contributed by atoms with E-state index in [1.807, 2.05) is 18.3 Å². The van der Waals surface area contributed by atoms with E-state index < -0.39 is 0 Å². The quantitative estimate of drug-likeness (QED) is 0.767. The molecule has 0 aliphatic carbocycles. The lowest BCUT2D eigenvalue weighted by molar-refractivity contribution is 0.635. The fourth-order valence-electron chi connectivity index (χ4n) is 2.85. The van der Waals surface area contributed by atoms with E-state index in [0.717, 1.165) is 18.4 Å². The van der Waals surface area contributed by atoms with Gasteiger partial charge in [-0.1, -0.05) is 48.5 Å². The summed E-state index contributed by atoms with van der Waals surface area (Å²) in [5.74, 6) is 0.415. The number of nitrogens with zero attached hydrogens (tertiary/aromatic N) is 1. The summed E-state index contributed by atoms with van der Waals surface area (Å²) in [6, 6.07) is 21.0. The average Bonchev–Trinajstić information content (AvgIpc) is 2.56. The molecule has 1 atom stereocenters. The molecule has 2 N–H and O–H groups in total. The smallest absolute Gasteiger partial charge is 0.0704 e. The van der Waals surface area contributed by atoms with Crippen LogP contribution in [0.25, 0.3) is 10.9 Å². The molecule has 3 rings (SSSR count). The second kappa shape index (κ2) is 6.51. The normalized spacial score (nSPS) is 12.4. The van der Waals surface area contributed by atoms with Crippen LogP contribution >= 0.6 is 0 Å². The predicted molar refractivity (Wildman–Crippen MR) is 88.3 cm³/mol. The van der Waals surface area contributed by atoms with Crippen LogP contribution in [0.2, 0.25) is 0 Å². The zero-order chi connectivity index (χ0) is 14.5. The van der Waals surface area contributed by atoms with Crippen molar-refractivity contribution in [3.63, 3.8) is 0 Å². The van der Waals surface area contributed by atoms with E-state index >= 15 is 0 Å². The standard InChI is InChI=1S/C19H20N2/c20-14-17(15-6-2-1-3-7-15)11-10-16-12-13-21-19-9-5-4-8-18(16)19/h1-9,12-13,17H,10-11,14,20H2. The van der Waals surface area contributed by atoms with Crippen LogP contribution in [0.5, 0.6) is 0 Å². The van der Waals surface area contributed by atoms with Gasteiger partial charge < -0.3 is 5.73 Å². The molecule has 0 radical (unpaired) electrons. The van der Waals surface area contributed by atoms with E-state index in [9.17, 15) is 0 Å². The highest BCUT2D eigenvalue weighted by atomic mass is 14.6. The number of rotatable bonds is 5. The number of benzene rings is 2. The van der Waals surface area contributed by atoms with E-state index in [1.54, 1.807) is 0 Å². The van der Waals surface area contributed by atoms with Crippen LogP contribution in [-0.2, 0) is 6.42 Å². The summed E-state index contributed by atoms with van der Waals surface area (Å²) >= 11 is 0. The van der Waals surface area contributed by atoms with Crippen LogP contribution in [0.3, 0.4) is 0 Å². The maximum Gasteiger partial charge on any atom is 0.0704 e. The molecule has 0 saturated heterocycles. The third-order valence-electron chi connectivity index (χ3n) is 4.06. The van der Waals surface area contributed by atoms with Gasteiger partial charge in [0.15, 0.2) is 0 Å². The number of fused-ring (bicyclic) bond motifs is 1. The fraction of sp³-hybridized carbons (Fsp3) is 0.211. The number of nitrogens with two attached hydrogens (primary N) is 1. The molecule has 2 aromatic carbocycles. The van der Waals surface area contributed by atoms with Crippen LogP contribution in [-0.4, -0.2) is 11.5 Å². The second-order valence-electron chi connectivity index (χ2n) is 5.37. The molecule has 2 heteroatoms. The molecule has 106 valence electrons. The van der Waals surface area contributed by atoms with Crippen LogP contribution in [0.15, 0.2) is 66.9 Å². The first-order valence-electron chi connectivity index (χ1n) is 7.46. The van der Waals surface area contributed by atoms with Gasteiger partial charge in [-0.15, -0.1) is 0 Å². The van der Waals surface area contributed by atoms with Crippen LogP contribution in [0.1, 0.15) is 23.5 Å². The van der Waals surface area contributed by atoms with Gasteiger partial charge in [0.25, 0.3) is 0 Å². The number of aryl methyl sites for hydroxylation is 1. The van der Waals surface area contributed by atoms with Gasteiger partial charge >= 0.3 is 0 Å². The number of aromatic nitrogens is 1. The molecule has 1 aromatic heterocycles. The Morgan fingerprint density at radius 3 is 2.48 bits per heavy atom. The Balaban J connectivity index is 1.79. The highest BCUT2D eigenvalue weighted by Crippen LogP contribution is 2.23. The summed E-state index contributed by atoms with van der Waals surface area (Å²) in [5.41, 5.74) is 9.73. The van der Waals surface area contributed by atoms with Gasteiger partial charge in [-0.3, -0.25) is 4.98 Å². The number of hydrogen-bond donors (Lipinski definition) is 1. The van der Waals surface area contributed by atoms with Gasteiger partial charge in [0.05, 0.1) is 5.52 Å². The molecular weight excluding hydrogens is 256 g/mol. The average molecular weight is 276 g/mol. The zero-order valence-electron chi connectivity index (χ0n) is 12.1. The molecule has 2 nitrogen and oxygen atoms in total. The van der Waals surface area contributed by atoms with Crippen molar-refractivity contribution >= 4 is 10.9 Å². The molecule has 1 unspecified atom stereocenters. The van der Waals surface area contributed by atoms with Crippen LogP contribution in [0, 0.1) is 0 Å². The minimum atomic E-state index is 0.415. The highest BCUT2D eigenvalue weighted by molar-refractivity contribution is 5.81. The monoisotopic (exact) mass is 276 g/mol. The van der Waals surface area contributed by atoms with Crippen molar-refractivity contribution in [1.82, 2.24) is 4.98 Å². The molecule has 0 fully saturated rings. The van der Waals surface area contributed by atoms with Crippen molar-refractivity contribution in [1.29, 1.82) is 0 Å². The lowest BCUT2D eigenvalue weighted by Gasteiger charge is -2.15. The summed E-state index contributed by atoms with van der Waals surface area (Å²) in [6.45, 7) is 0.688. The third-order valence-corrected chi connectivity index (χ3v) is 4.06. The van der Waals surface area contributed by atoms with Gasteiger partial charge in [0.2, 0.25) is 0 Å². The lowest BCUT2D eigenvalue weighted by atomic mass is 9.92. The van der Waals surface area contributed by atoms with Crippen molar-refractivity contribution in [2.45, 2.75) is 18.8 Å². The summed E-state index contributed by atoms with van der Waals surface area (Å²) in [4.78, 5) is 4.42. The lowest BCUT2D eigenvalue weighted by Crippen LogP contribution is -2.13. The van der Waals surface area contributed by atoms with E-state index in [0.29, 0.717) is 12.5 Å². The van der Waals surface area contributed by atoms with Crippen LogP contribution in [0.4, 0.5) is 0 Å². The van der Waals surface area contributed by atoms with Gasteiger partial charge in [-0.05, 0) is 48.6 Å². The molecule has 0 aliphatic rings. The Morgan fingerprint density at radius 1 is 0.905 bits per heavy atom.